The fraction of sp³-hybridized carbons (Fsp3) is 0.538. The Morgan fingerprint density at radius 2 is 2.00 bits per heavy atom. The summed E-state index contributed by atoms with van der Waals surface area (Å²) in [5, 5.41) is 3.26. The van der Waals surface area contributed by atoms with Crippen LogP contribution in [0.4, 0.5) is 0 Å². The van der Waals surface area contributed by atoms with Gasteiger partial charge in [0.05, 0.1) is 6.61 Å². The highest BCUT2D eigenvalue weighted by Crippen LogP contribution is 2.21. The van der Waals surface area contributed by atoms with Crippen molar-refractivity contribution in [2.45, 2.75) is 13.8 Å². The van der Waals surface area contributed by atoms with E-state index in [-0.39, 0.29) is 0 Å². The van der Waals surface area contributed by atoms with Crippen molar-refractivity contribution in [1.82, 2.24) is 5.32 Å². The van der Waals surface area contributed by atoms with Crippen LogP contribution >= 0.6 is 15.9 Å². The molecule has 0 atom stereocenters. The molecule has 0 bridgehead atoms. The molecule has 1 rings (SSSR count). The van der Waals surface area contributed by atoms with Crippen LogP contribution in [0.3, 0.4) is 0 Å². The number of benzene rings is 1. The second-order valence-electron chi connectivity index (χ2n) is 3.71. The molecule has 3 nitrogen and oxygen atoms in total. The topological polar surface area (TPSA) is 30.5 Å². The van der Waals surface area contributed by atoms with E-state index in [4.69, 9.17) is 9.47 Å². The third-order valence-electron chi connectivity index (χ3n) is 2.30. The molecular weight excluding hydrogens is 282 g/mol. The lowest BCUT2D eigenvalue weighted by atomic mass is 10.2. The minimum atomic E-state index is 0.674. The van der Waals surface area contributed by atoms with Crippen molar-refractivity contribution in [2.75, 3.05) is 32.9 Å². The van der Waals surface area contributed by atoms with Crippen molar-refractivity contribution in [3.8, 4) is 5.75 Å². The molecule has 0 aliphatic rings. The van der Waals surface area contributed by atoms with Crippen LogP contribution in [-0.2, 0) is 4.74 Å². The highest BCUT2D eigenvalue weighted by atomic mass is 79.9. The van der Waals surface area contributed by atoms with Gasteiger partial charge in [-0.05, 0) is 37.6 Å². The molecule has 0 saturated carbocycles. The van der Waals surface area contributed by atoms with Gasteiger partial charge in [-0.1, -0.05) is 15.9 Å². The Kier molecular flexibility index (Phi) is 7.24. The fourth-order valence-electron chi connectivity index (χ4n) is 1.36. The van der Waals surface area contributed by atoms with Crippen molar-refractivity contribution in [2.24, 2.45) is 0 Å². The molecule has 0 radical (unpaired) electrons. The molecule has 0 aliphatic heterocycles. The van der Waals surface area contributed by atoms with E-state index in [1.165, 1.54) is 5.56 Å². The van der Waals surface area contributed by atoms with Gasteiger partial charge in [0.2, 0.25) is 0 Å². The van der Waals surface area contributed by atoms with Gasteiger partial charge in [-0.25, -0.2) is 0 Å². The fourth-order valence-corrected chi connectivity index (χ4v) is 1.61. The van der Waals surface area contributed by atoms with E-state index in [0.717, 1.165) is 36.5 Å². The molecule has 0 spiro atoms. The monoisotopic (exact) mass is 301 g/mol. The van der Waals surface area contributed by atoms with Crippen molar-refractivity contribution in [3.05, 3.63) is 28.2 Å². The molecule has 0 fully saturated rings. The molecule has 0 amide bonds. The third-order valence-corrected chi connectivity index (χ3v) is 3.19. The predicted octanol–water partition coefficient (Wildman–Crippen LogP) is 2.76. The Morgan fingerprint density at radius 1 is 1.24 bits per heavy atom. The van der Waals surface area contributed by atoms with Crippen LogP contribution in [0.15, 0.2) is 22.7 Å². The number of hydrogen-bond acceptors (Lipinski definition) is 3. The zero-order valence-corrected chi connectivity index (χ0v) is 12.0. The summed E-state index contributed by atoms with van der Waals surface area (Å²) in [6, 6.07) is 6.01. The maximum absolute atomic E-state index is 5.62. The van der Waals surface area contributed by atoms with Crippen LogP contribution in [0.5, 0.6) is 5.75 Å². The van der Waals surface area contributed by atoms with Crippen molar-refractivity contribution in [1.29, 1.82) is 0 Å². The minimum Gasteiger partial charge on any atom is -0.492 e. The average Bonchev–Trinajstić information content (AvgIpc) is 2.32. The minimum absolute atomic E-state index is 0.674. The molecule has 1 N–H and O–H groups in total. The molecule has 0 saturated heterocycles. The van der Waals surface area contributed by atoms with Crippen LogP contribution in [0.25, 0.3) is 0 Å². The Morgan fingerprint density at radius 3 is 2.71 bits per heavy atom. The van der Waals surface area contributed by atoms with E-state index in [2.05, 4.69) is 28.2 Å². The highest BCUT2D eigenvalue weighted by Gasteiger charge is 1.97. The third kappa shape index (κ3) is 6.05. The number of nitrogens with one attached hydrogen (secondary N) is 1. The number of halogens is 1. The van der Waals surface area contributed by atoms with Gasteiger partial charge >= 0.3 is 0 Å². The first-order valence-corrected chi connectivity index (χ1v) is 6.70. The summed E-state index contributed by atoms with van der Waals surface area (Å²) in [4.78, 5) is 0. The summed E-state index contributed by atoms with van der Waals surface area (Å²) in [6.45, 7) is 7.96. The largest absolute Gasteiger partial charge is 0.492 e. The summed E-state index contributed by atoms with van der Waals surface area (Å²) in [7, 11) is 0. The maximum atomic E-state index is 5.62. The average molecular weight is 302 g/mol. The molecule has 0 heterocycles. The van der Waals surface area contributed by atoms with Crippen LogP contribution in [0, 0.1) is 6.92 Å². The summed E-state index contributed by atoms with van der Waals surface area (Å²) in [6.07, 6.45) is 0. The van der Waals surface area contributed by atoms with Gasteiger partial charge in [-0.2, -0.15) is 0 Å². The Bertz CT molecular complexity index is 331. The standard InChI is InChI=1S/C13H20BrNO2/c1-3-16-8-6-15-7-9-17-12-4-5-13(14)11(2)10-12/h4-5,10,15H,3,6-9H2,1-2H3. The summed E-state index contributed by atoms with van der Waals surface area (Å²) < 4.78 is 12.0. The lowest BCUT2D eigenvalue weighted by Crippen LogP contribution is -2.25. The molecular formula is C13H20BrNO2. The first kappa shape index (κ1) is 14.5. The summed E-state index contributed by atoms with van der Waals surface area (Å²) in [5.41, 5.74) is 1.19. The lowest BCUT2D eigenvalue weighted by molar-refractivity contribution is 0.148. The van der Waals surface area contributed by atoms with Crippen molar-refractivity contribution >= 4 is 15.9 Å². The van der Waals surface area contributed by atoms with Gasteiger partial charge in [0, 0.05) is 24.2 Å². The van der Waals surface area contributed by atoms with Crippen molar-refractivity contribution < 1.29 is 9.47 Å². The second kappa shape index (κ2) is 8.50. The normalized spacial score (nSPS) is 10.5. The van der Waals surface area contributed by atoms with Gasteiger partial charge < -0.3 is 14.8 Å². The van der Waals surface area contributed by atoms with E-state index >= 15 is 0 Å². The SMILES string of the molecule is CCOCCNCCOc1ccc(Br)c(C)c1. The van der Waals surface area contributed by atoms with E-state index in [1.807, 2.05) is 25.1 Å². The Balaban J connectivity index is 2.11. The van der Waals surface area contributed by atoms with Crippen LogP contribution < -0.4 is 10.1 Å². The Labute approximate surface area is 112 Å². The zero-order valence-electron chi connectivity index (χ0n) is 10.5. The molecule has 4 heteroatoms. The molecule has 1 aromatic rings. The number of ether oxygens (including phenoxy) is 2. The summed E-state index contributed by atoms with van der Waals surface area (Å²) >= 11 is 3.46. The Hall–Kier alpha value is -0.580. The van der Waals surface area contributed by atoms with E-state index in [9.17, 15) is 0 Å². The second-order valence-corrected chi connectivity index (χ2v) is 4.56. The van der Waals surface area contributed by atoms with Gasteiger partial charge in [0.1, 0.15) is 12.4 Å². The molecule has 0 aliphatic carbocycles. The first-order valence-electron chi connectivity index (χ1n) is 5.91. The molecule has 0 aromatic heterocycles. The highest BCUT2D eigenvalue weighted by molar-refractivity contribution is 9.10. The lowest BCUT2D eigenvalue weighted by Gasteiger charge is -2.08. The smallest absolute Gasteiger partial charge is 0.119 e. The molecule has 1 aromatic carbocycles. The molecule has 0 unspecified atom stereocenters. The predicted molar refractivity (Wildman–Crippen MR) is 73.7 cm³/mol. The van der Waals surface area contributed by atoms with Gasteiger partial charge in [0.25, 0.3) is 0 Å². The van der Waals surface area contributed by atoms with Crippen molar-refractivity contribution in [3.63, 3.8) is 0 Å². The summed E-state index contributed by atoms with van der Waals surface area (Å²) in [5.74, 6) is 0.914. The quantitative estimate of drug-likeness (QED) is 0.749. The van der Waals surface area contributed by atoms with Crippen LogP contribution in [0.1, 0.15) is 12.5 Å². The van der Waals surface area contributed by atoms with E-state index in [0.29, 0.717) is 6.61 Å². The molecule has 96 valence electrons. The molecule has 17 heavy (non-hydrogen) atoms. The van der Waals surface area contributed by atoms with Gasteiger partial charge in [-0.3, -0.25) is 0 Å². The van der Waals surface area contributed by atoms with Crippen LogP contribution in [0.2, 0.25) is 0 Å². The number of hydrogen-bond donors (Lipinski definition) is 1. The number of rotatable bonds is 8. The van der Waals surface area contributed by atoms with E-state index < -0.39 is 0 Å². The number of aryl methyl sites for hydroxylation is 1. The first-order chi connectivity index (χ1) is 8.24. The van der Waals surface area contributed by atoms with E-state index in [1.54, 1.807) is 0 Å². The zero-order chi connectivity index (χ0) is 12.5. The van der Waals surface area contributed by atoms with Gasteiger partial charge in [-0.15, -0.1) is 0 Å². The van der Waals surface area contributed by atoms with Crippen LogP contribution in [-0.4, -0.2) is 32.9 Å². The van der Waals surface area contributed by atoms with Gasteiger partial charge in [0.15, 0.2) is 0 Å². The maximum Gasteiger partial charge on any atom is 0.119 e.